The van der Waals surface area contributed by atoms with Crippen LogP contribution < -0.4 is 9.64 Å². The molecule has 1 aliphatic heterocycles. The Morgan fingerprint density at radius 3 is 2.62 bits per heavy atom. The Kier molecular flexibility index (Phi) is 6.21. The van der Waals surface area contributed by atoms with E-state index in [1.54, 1.807) is 28.7 Å². The second-order valence-electron chi connectivity index (χ2n) is 6.51. The first-order valence-electron chi connectivity index (χ1n) is 9.55. The molecule has 150 valence electrons. The maximum atomic E-state index is 12.5. The topological polar surface area (TPSA) is 58.6 Å². The number of rotatable bonds is 6. The standard InChI is InChI=1S/C21H22N4O2S2/c1-2-27-17-8-5-16(6-9-17)7-10-19(26)24-11-13-25(14-12-24)21-23-22-20(29-21)18-4-3-15-28-18/h3-10,15H,2,11-14H2,1H3/b10-7+. The van der Waals surface area contributed by atoms with Crippen LogP contribution in [-0.4, -0.2) is 53.8 Å². The van der Waals surface area contributed by atoms with Crippen LogP contribution in [0.3, 0.4) is 0 Å². The molecular formula is C21H22N4O2S2. The first-order valence-corrected chi connectivity index (χ1v) is 11.2. The number of carbonyl (C=O) groups excluding carboxylic acids is 1. The fourth-order valence-electron chi connectivity index (χ4n) is 3.08. The SMILES string of the molecule is CCOc1ccc(/C=C/C(=O)N2CCN(c3nnc(-c4cccs4)s3)CC2)cc1. The van der Waals surface area contributed by atoms with Crippen LogP contribution in [0.25, 0.3) is 16.0 Å². The zero-order valence-electron chi connectivity index (χ0n) is 16.2. The second kappa shape index (κ2) is 9.19. The van der Waals surface area contributed by atoms with E-state index in [0.717, 1.165) is 39.4 Å². The zero-order valence-corrected chi connectivity index (χ0v) is 17.8. The molecule has 0 radical (unpaired) electrons. The predicted molar refractivity (Wildman–Crippen MR) is 119 cm³/mol. The predicted octanol–water partition coefficient (Wildman–Crippen LogP) is 4.03. The van der Waals surface area contributed by atoms with Crippen molar-refractivity contribution in [2.45, 2.75) is 6.92 Å². The van der Waals surface area contributed by atoms with Crippen LogP contribution >= 0.6 is 22.7 Å². The van der Waals surface area contributed by atoms with Gasteiger partial charge in [-0.15, -0.1) is 21.5 Å². The Labute approximate surface area is 178 Å². The number of thiophene rings is 1. The average Bonchev–Trinajstić information content (AvgIpc) is 3.45. The minimum atomic E-state index is 0.0371. The molecule has 0 spiro atoms. The highest BCUT2D eigenvalue weighted by Gasteiger charge is 2.22. The summed E-state index contributed by atoms with van der Waals surface area (Å²) in [6.45, 7) is 5.50. The molecule has 1 saturated heterocycles. The minimum Gasteiger partial charge on any atom is -0.494 e. The second-order valence-corrected chi connectivity index (χ2v) is 8.42. The van der Waals surface area contributed by atoms with E-state index in [1.807, 2.05) is 53.6 Å². The summed E-state index contributed by atoms with van der Waals surface area (Å²) in [6, 6.07) is 11.8. The van der Waals surface area contributed by atoms with Crippen molar-refractivity contribution in [1.29, 1.82) is 0 Å². The van der Waals surface area contributed by atoms with Gasteiger partial charge in [0, 0.05) is 32.3 Å². The molecule has 0 atom stereocenters. The molecule has 3 heterocycles. The van der Waals surface area contributed by atoms with Crippen molar-refractivity contribution in [1.82, 2.24) is 15.1 Å². The van der Waals surface area contributed by atoms with Gasteiger partial charge in [-0.25, -0.2) is 0 Å². The lowest BCUT2D eigenvalue weighted by atomic mass is 10.2. The molecule has 1 aliphatic rings. The van der Waals surface area contributed by atoms with Gasteiger partial charge in [0.05, 0.1) is 11.5 Å². The summed E-state index contributed by atoms with van der Waals surface area (Å²) in [6.07, 6.45) is 3.49. The summed E-state index contributed by atoms with van der Waals surface area (Å²) in [7, 11) is 0. The van der Waals surface area contributed by atoms with E-state index in [0.29, 0.717) is 19.7 Å². The third-order valence-corrected chi connectivity index (χ3v) is 6.64. The van der Waals surface area contributed by atoms with E-state index in [4.69, 9.17) is 4.74 Å². The molecule has 3 aromatic rings. The summed E-state index contributed by atoms with van der Waals surface area (Å²) >= 11 is 3.27. The number of carbonyl (C=O) groups is 1. The number of anilines is 1. The highest BCUT2D eigenvalue weighted by Crippen LogP contribution is 2.31. The number of hydrogen-bond donors (Lipinski definition) is 0. The van der Waals surface area contributed by atoms with Gasteiger partial charge < -0.3 is 14.5 Å². The molecule has 1 fully saturated rings. The van der Waals surface area contributed by atoms with Crippen LogP contribution in [0.4, 0.5) is 5.13 Å². The van der Waals surface area contributed by atoms with Crippen molar-refractivity contribution >= 4 is 39.8 Å². The van der Waals surface area contributed by atoms with Crippen LogP contribution in [0.15, 0.2) is 47.9 Å². The van der Waals surface area contributed by atoms with Crippen LogP contribution in [0, 0.1) is 0 Å². The highest BCUT2D eigenvalue weighted by atomic mass is 32.1. The Morgan fingerprint density at radius 2 is 1.93 bits per heavy atom. The lowest BCUT2D eigenvalue weighted by Crippen LogP contribution is -2.48. The number of amides is 1. The van der Waals surface area contributed by atoms with Crippen molar-refractivity contribution in [3.63, 3.8) is 0 Å². The van der Waals surface area contributed by atoms with E-state index >= 15 is 0 Å². The number of piperazine rings is 1. The van der Waals surface area contributed by atoms with Crippen LogP contribution in [0.2, 0.25) is 0 Å². The molecule has 0 saturated carbocycles. The zero-order chi connectivity index (χ0) is 20.1. The maximum absolute atomic E-state index is 12.5. The molecule has 0 bridgehead atoms. The smallest absolute Gasteiger partial charge is 0.246 e. The molecule has 6 nitrogen and oxygen atoms in total. The van der Waals surface area contributed by atoms with Crippen molar-refractivity contribution in [2.75, 3.05) is 37.7 Å². The molecule has 1 amide bonds. The van der Waals surface area contributed by atoms with E-state index < -0.39 is 0 Å². The largest absolute Gasteiger partial charge is 0.494 e. The van der Waals surface area contributed by atoms with Crippen LogP contribution in [0.5, 0.6) is 5.75 Å². The fourth-order valence-corrected chi connectivity index (χ4v) is 4.76. The number of benzene rings is 1. The normalized spacial score (nSPS) is 14.5. The molecular weight excluding hydrogens is 404 g/mol. The van der Waals surface area contributed by atoms with Gasteiger partial charge in [0.25, 0.3) is 0 Å². The van der Waals surface area contributed by atoms with Gasteiger partial charge >= 0.3 is 0 Å². The number of nitrogens with zero attached hydrogens (tertiary/aromatic N) is 4. The Morgan fingerprint density at radius 1 is 1.14 bits per heavy atom. The van der Waals surface area contributed by atoms with Gasteiger partial charge in [-0.2, -0.15) is 0 Å². The third-order valence-electron chi connectivity index (χ3n) is 4.62. The Hall–Kier alpha value is -2.71. The summed E-state index contributed by atoms with van der Waals surface area (Å²) in [4.78, 5) is 17.7. The Bertz CT molecular complexity index is 959. The summed E-state index contributed by atoms with van der Waals surface area (Å²) in [5.41, 5.74) is 0.982. The number of hydrogen-bond acceptors (Lipinski definition) is 7. The van der Waals surface area contributed by atoms with E-state index in [2.05, 4.69) is 21.2 Å². The molecule has 8 heteroatoms. The quantitative estimate of drug-likeness (QED) is 0.557. The summed E-state index contributed by atoms with van der Waals surface area (Å²) in [5.74, 6) is 0.876. The van der Waals surface area contributed by atoms with Gasteiger partial charge in [0.2, 0.25) is 11.0 Å². The van der Waals surface area contributed by atoms with Crippen molar-refractivity contribution in [3.8, 4) is 15.6 Å². The number of aromatic nitrogens is 2. The summed E-state index contributed by atoms with van der Waals surface area (Å²) < 4.78 is 5.44. The lowest BCUT2D eigenvalue weighted by Gasteiger charge is -2.33. The molecule has 1 aromatic carbocycles. The van der Waals surface area contributed by atoms with Gasteiger partial charge in [-0.05, 0) is 42.1 Å². The molecule has 29 heavy (non-hydrogen) atoms. The van der Waals surface area contributed by atoms with E-state index in [1.165, 1.54) is 0 Å². The first-order chi connectivity index (χ1) is 14.2. The Balaban J connectivity index is 1.30. The lowest BCUT2D eigenvalue weighted by molar-refractivity contribution is -0.126. The maximum Gasteiger partial charge on any atom is 0.246 e. The average molecular weight is 427 g/mol. The summed E-state index contributed by atoms with van der Waals surface area (Å²) in [5, 5.41) is 12.6. The van der Waals surface area contributed by atoms with Gasteiger partial charge in [0.15, 0.2) is 5.01 Å². The third kappa shape index (κ3) is 4.83. The minimum absolute atomic E-state index is 0.0371. The van der Waals surface area contributed by atoms with Gasteiger partial charge in [-0.1, -0.05) is 29.5 Å². The highest BCUT2D eigenvalue weighted by molar-refractivity contribution is 7.22. The molecule has 0 aliphatic carbocycles. The van der Waals surface area contributed by atoms with Gasteiger partial charge in [-0.3, -0.25) is 4.79 Å². The van der Waals surface area contributed by atoms with Crippen molar-refractivity contribution in [3.05, 3.63) is 53.4 Å². The van der Waals surface area contributed by atoms with Crippen molar-refractivity contribution < 1.29 is 9.53 Å². The molecule has 0 unspecified atom stereocenters. The number of ether oxygens (including phenoxy) is 1. The molecule has 4 rings (SSSR count). The van der Waals surface area contributed by atoms with Gasteiger partial charge in [0.1, 0.15) is 5.75 Å². The monoisotopic (exact) mass is 426 g/mol. The molecule has 2 aromatic heterocycles. The van der Waals surface area contributed by atoms with Crippen molar-refractivity contribution in [2.24, 2.45) is 0 Å². The van der Waals surface area contributed by atoms with E-state index in [9.17, 15) is 4.79 Å². The fraction of sp³-hybridized carbons (Fsp3) is 0.286. The van der Waals surface area contributed by atoms with E-state index in [-0.39, 0.29) is 5.91 Å². The van der Waals surface area contributed by atoms with Crippen LogP contribution in [0.1, 0.15) is 12.5 Å². The van der Waals surface area contributed by atoms with Crippen LogP contribution in [-0.2, 0) is 4.79 Å². The first kappa shape index (κ1) is 19.6. The molecule has 0 N–H and O–H groups in total.